The normalized spacial score (nSPS) is 10.1. The molecule has 1 aromatic carbocycles. The number of hydrogen-bond donors (Lipinski definition) is 0. The summed E-state index contributed by atoms with van der Waals surface area (Å²) >= 11 is 3.41. The highest BCUT2D eigenvalue weighted by Gasteiger charge is 2.02. The van der Waals surface area contributed by atoms with Gasteiger partial charge in [0.05, 0.1) is 18.2 Å². The van der Waals surface area contributed by atoms with Crippen LogP contribution in [0.1, 0.15) is 6.92 Å². The molecule has 0 saturated carbocycles. The van der Waals surface area contributed by atoms with Crippen molar-refractivity contribution >= 4 is 15.9 Å². The van der Waals surface area contributed by atoms with Crippen molar-refractivity contribution in [1.82, 2.24) is 0 Å². The van der Waals surface area contributed by atoms with Crippen LogP contribution in [0.4, 0.5) is 0 Å². The molecule has 0 amide bonds. The third kappa shape index (κ3) is 4.10. The van der Waals surface area contributed by atoms with E-state index in [0.717, 1.165) is 16.0 Å². The van der Waals surface area contributed by atoms with Gasteiger partial charge in [-0.2, -0.15) is 0 Å². The zero-order chi connectivity index (χ0) is 11.1. The predicted molar refractivity (Wildman–Crippen MR) is 62.7 cm³/mol. The molecular formula is C11H15BrO3. The summed E-state index contributed by atoms with van der Waals surface area (Å²) in [6.45, 7) is 3.84. The first-order valence-electron chi connectivity index (χ1n) is 4.82. The fraction of sp³-hybridized carbons (Fsp3) is 0.455. The van der Waals surface area contributed by atoms with Gasteiger partial charge in [-0.3, -0.25) is 0 Å². The van der Waals surface area contributed by atoms with E-state index < -0.39 is 0 Å². The highest BCUT2D eigenvalue weighted by molar-refractivity contribution is 9.10. The fourth-order valence-corrected chi connectivity index (χ4v) is 1.55. The second kappa shape index (κ2) is 6.69. The topological polar surface area (TPSA) is 27.7 Å². The van der Waals surface area contributed by atoms with E-state index in [1.807, 2.05) is 25.1 Å². The third-order valence-corrected chi connectivity index (χ3v) is 2.45. The van der Waals surface area contributed by atoms with Gasteiger partial charge in [-0.15, -0.1) is 0 Å². The van der Waals surface area contributed by atoms with Crippen molar-refractivity contribution in [3.05, 3.63) is 22.7 Å². The van der Waals surface area contributed by atoms with Crippen molar-refractivity contribution in [3.63, 3.8) is 0 Å². The number of methoxy groups -OCH3 is 1. The van der Waals surface area contributed by atoms with E-state index in [1.54, 1.807) is 7.11 Å². The van der Waals surface area contributed by atoms with Crippen LogP contribution in [0.3, 0.4) is 0 Å². The van der Waals surface area contributed by atoms with Crippen LogP contribution in [0.15, 0.2) is 22.7 Å². The average molecular weight is 275 g/mol. The first-order valence-corrected chi connectivity index (χ1v) is 5.61. The van der Waals surface area contributed by atoms with Gasteiger partial charge in [0.25, 0.3) is 0 Å². The molecule has 1 aromatic rings. The van der Waals surface area contributed by atoms with Crippen molar-refractivity contribution in [2.24, 2.45) is 0 Å². The molecule has 0 aliphatic rings. The molecule has 84 valence electrons. The van der Waals surface area contributed by atoms with Crippen LogP contribution in [-0.2, 0) is 4.74 Å². The van der Waals surface area contributed by atoms with Crippen LogP contribution in [0, 0.1) is 0 Å². The van der Waals surface area contributed by atoms with E-state index in [9.17, 15) is 0 Å². The molecule has 3 nitrogen and oxygen atoms in total. The predicted octanol–water partition coefficient (Wildman–Crippen LogP) is 2.87. The first kappa shape index (κ1) is 12.3. The Morgan fingerprint density at radius 1 is 1.27 bits per heavy atom. The van der Waals surface area contributed by atoms with Crippen molar-refractivity contribution in [3.8, 4) is 11.5 Å². The van der Waals surface area contributed by atoms with Crippen LogP contribution in [0.5, 0.6) is 11.5 Å². The Labute approximate surface area is 98.5 Å². The number of benzene rings is 1. The van der Waals surface area contributed by atoms with Gasteiger partial charge in [0.15, 0.2) is 0 Å². The smallest absolute Gasteiger partial charge is 0.133 e. The maximum atomic E-state index is 5.51. The lowest BCUT2D eigenvalue weighted by atomic mass is 10.3. The van der Waals surface area contributed by atoms with Crippen molar-refractivity contribution < 1.29 is 14.2 Å². The van der Waals surface area contributed by atoms with Gasteiger partial charge in [-0.1, -0.05) is 0 Å². The maximum Gasteiger partial charge on any atom is 0.133 e. The van der Waals surface area contributed by atoms with Crippen LogP contribution >= 0.6 is 15.9 Å². The fourth-order valence-electron chi connectivity index (χ4n) is 1.08. The van der Waals surface area contributed by atoms with Crippen LogP contribution in [0.25, 0.3) is 0 Å². The van der Waals surface area contributed by atoms with E-state index in [-0.39, 0.29) is 0 Å². The average Bonchev–Trinajstić information content (AvgIpc) is 2.26. The molecule has 0 bridgehead atoms. The molecule has 0 N–H and O–H groups in total. The minimum Gasteiger partial charge on any atom is -0.497 e. The zero-order valence-electron chi connectivity index (χ0n) is 8.96. The summed E-state index contributed by atoms with van der Waals surface area (Å²) < 4.78 is 16.7. The Bertz CT molecular complexity index is 302. The number of rotatable bonds is 6. The maximum absolute atomic E-state index is 5.51. The van der Waals surface area contributed by atoms with E-state index in [4.69, 9.17) is 14.2 Å². The molecule has 1 rings (SSSR count). The van der Waals surface area contributed by atoms with E-state index in [2.05, 4.69) is 15.9 Å². The molecule has 4 heteroatoms. The molecule has 0 atom stereocenters. The second-order valence-corrected chi connectivity index (χ2v) is 3.70. The van der Waals surface area contributed by atoms with Crippen molar-refractivity contribution in [2.75, 3.05) is 26.9 Å². The Morgan fingerprint density at radius 2 is 2.07 bits per heavy atom. The van der Waals surface area contributed by atoms with Gasteiger partial charge < -0.3 is 14.2 Å². The van der Waals surface area contributed by atoms with Gasteiger partial charge in [0.2, 0.25) is 0 Å². The second-order valence-electron chi connectivity index (χ2n) is 2.84. The summed E-state index contributed by atoms with van der Waals surface area (Å²) in [5, 5.41) is 0. The van der Waals surface area contributed by atoms with Gasteiger partial charge >= 0.3 is 0 Å². The van der Waals surface area contributed by atoms with E-state index in [0.29, 0.717) is 19.8 Å². The molecule has 0 aromatic heterocycles. The summed E-state index contributed by atoms with van der Waals surface area (Å²) in [6.07, 6.45) is 0. The Balaban J connectivity index is 2.47. The number of ether oxygens (including phenoxy) is 3. The van der Waals surface area contributed by atoms with E-state index >= 15 is 0 Å². The van der Waals surface area contributed by atoms with Crippen LogP contribution in [-0.4, -0.2) is 26.9 Å². The monoisotopic (exact) mass is 274 g/mol. The minimum absolute atomic E-state index is 0.554. The highest BCUT2D eigenvalue weighted by Crippen LogP contribution is 2.28. The molecule has 15 heavy (non-hydrogen) atoms. The molecule has 0 spiro atoms. The first-order chi connectivity index (χ1) is 7.27. The Hall–Kier alpha value is -0.740. The zero-order valence-corrected chi connectivity index (χ0v) is 10.5. The number of halogens is 1. The van der Waals surface area contributed by atoms with Gasteiger partial charge in [-0.05, 0) is 41.1 Å². The number of hydrogen-bond acceptors (Lipinski definition) is 3. The van der Waals surface area contributed by atoms with E-state index in [1.165, 1.54) is 0 Å². The Morgan fingerprint density at radius 3 is 2.67 bits per heavy atom. The summed E-state index contributed by atoms with van der Waals surface area (Å²) in [5.41, 5.74) is 0. The van der Waals surface area contributed by atoms with Crippen LogP contribution in [0.2, 0.25) is 0 Å². The SMILES string of the molecule is CCOCCOc1ccc(OC)cc1Br. The van der Waals surface area contributed by atoms with Gasteiger partial charge in [0, 0.05) is 6.61 Å². The molecule has 0 radical (unpaired) electrons. The summed E-state index contributed by atoms with van der Waals surface area (Å²) in [7, 11) is 1.64. The summed E-state index contributed by atoms with van der Waals surface area (Å²) in [5.74, 6) is 1.61. The van der Waals surface area contributed by atoms with Crippen LogP contribution < -0.4 is 9.47 Å². The summed E-state index contributed by atoms with van der Waals surface area (Å²) in [4.78, 5) is 0. The molecule has 0 heterocycles. The molecule has 0 aliphatic carbocycles. The van der Waals surface area contributed by atoms with Gasteiger partial charge in [0.1, 0.15) is 18.1 Å². The molecule has 0 aliphatic heterocycles. The van der Waals surface area contributed by atoms with Crippen molar-refractivity contribution in [1.29, 1.82) is 0 Å². The molecular weight excluding hydrogens is 260 g/mol. The van der Waals surface area contributed by atoms with Crippen molar-refractivity contribution in [2.45, 2.75) is 6.92 Å². The quantitative estimate of drug-likeness (QED) is 0.747. The molecule has 0 saturated heterocycles. The molecule has 0 fully saturated rings. The highest BCUT2D eigenvalue weighted by atomic mass is 79.9. The Kier molecular flexibility index (Phi) is 5.50. The lowest BCUT2D eigenvalue weighted by Crippen LogP contribution is -2.06. The minimum atomic E-state index is 0.554. The summed E-state index contributed by atoms with van der Waals surface area (Å²) in [6, 6.07) is 5.60. The lowest BCUT2D eigenvalue weighted by molar-refractivity contribution is 0.110. The van der Waals surface area contributed by atoms with Gasteiger partial charge in [-0.25, -0.2) is 0 Å². The lowest BCUT2D eigenvalue weighted by Gasteiger charge is -2.09. The largest absolute Gasteiger partial charge is 0.497 e. The third-order valence-electron chi connectivity index (χ3n) is 1.83. The standard InChI is InChI=1S/C11H15BrO3/c1-3-14-6-7-15-11-5-4-9(13-2)8-10(11)12/h4-5,8H,3,6-7H2,1-2H3. The molecule has 0 unspecified atom stereocenters.